The molecule has 0 aliphatic rings. The van der Waals surface area contributed by atoms with Crippen LogP contribution in [0, 0.1) is 36.5 Å². The monoisotopic (exact) mass is 524 g/mol. The van der Waals surface area contributed by atoms with Gasteiger partial charge in [0.25, 0.3) is 0 Å². The minimum Gasteiger partial charge on any atom is -0.483 e. The number of rotatable bonds is 7. The third-order valence-electron chi connectivity index (χ3n) is 6.13. The highest BCUT2D eigenvalue weighted by Crippen LogP contribution is 2.40. The molecular weight excluding hydrogens is 498 g/mol. The normalized spacial score (nSPS) is 12.9. The molecule has 0 N–H and O–H groups in total. The summed E-state index contributed by atoms with van der Waals surface area (Å²) in [6.07, 6.45) is 0.590. The van der Waals surface area contributed by atoms with Gasteiger partial charge in [-0.2, -0.15) is 10.5 Å². The van der Waals surface area contributed by atoms with Crippen molar-refractivity contribution in [2.75, 3.05) is 6.16 Å². The maximum Gasteiger partial charge on any atom is 0.145 e. The predicted octanol–water partition coefficient (Wildman–Crippen LogP) is 8.14. The fourth-order valence-corrected chi connectivity index (χ4v) is 4.45. The van der Waals surface area contributed by atoms with Gasteiger partial charge in [-0.1, -0.05) is 35.9 Å². The molecule has 0 spiro atoms. The molecule has 7 heteroatoms. The van der Waals surface area contributed by atoms with Gasteiger partial charge in [-0.3, -0.25) is 0 Å². The summed E-state index contributed by atoms with van der Waals surface area (Å²) in [6, 6.07) is 18.9. The second-order valence-electron chi connectivity index (χ2n) is 8.99. The van der Waals surface area contributed by atoms with E-state index >= 15 is 0 Å². The van der Waals surface area contributed by atoms with E-state index in [0.717, 1.165) is 16.7 Å². The van der Waals surface area contributed by atoms with E-state index in [9.17, 15) is 10.5 Å². The van der Waals surface area contributed by atoms with Gasteiger partial charge in [0.1, 0.15) is 35.0 Å². The zero-order valence-corrected chi connectivity index (χ0v) is 23.0. The van der Waals surface area contributed by atoms with E-state index in [2.05, 4.69) is 21.4 Å². The van der Waals surface area contributed by atoms with Gasteiger partial charge in [0.2, 0.25) is 0 Å². The maximum absolute atomic E-state index is 9.85. The maximum atomic E-state index is 9.85. The Morgan fingerprint density at radius 3 is 2.03 bits per heavy atom. The number of nitrogens with zero attached hydrogens (tertiary/aromatic N) is 2. The fraction of sp³-hybridized carbons (Fsp3) is 0.286. The predicted molar refractivity (Wildman–Crippen MR) is 145 cm³/mol. The number of nitriles is 2. The molecule has 0 amide bonds. The average Bonchev–Trinajstić information content (AvgIpc) is 2.83. The molecule has 0 radical (unpaired) electrons. The first-order valence-electron chi connectivity index (χ1n) is 11.1. The lowest BCUT2D eigenvalue weighted by atomic mass is 9.93. The van der Waals surface area contributed by atoms with Crippen molar-refractivity contribution in [2.24, 2.45) is 0 Å². The number of ether oxygens (including phenoxy) is 2. The zero-order valence-electron chi connectivity index (χ0n) is 20.4. The van der Waals surface area contributed by atoms with Crippen LogP contribution < -0.4 is 9.47 Å². The van der Waals surface area contributed by atoms with Crippen molar-refractivity contribution in [1.82, 2.24) is 0 Å². The molecule has 3 rings (SSSR count). The molecule has 0 heterocycles. The summed E-state index contributed by atoms with van der Waals surface area (Å²) in [5, 5.41) is 19.8. The smallest absolute Gasteiger partial charge is 0.145 e. The minimum absolute atomic E-state index is 0.392. The molecule has 0 aliphatic carbocycles. The van der Waals surface area contributed by atoms with Gasteiger partial charge in [-0.25, -0.2) is 0 Å². The fourth-order valence-electron chi connectivity index (χ4n) is 3.86. The van der Waals surface area contributed by atoms with Crippen LogP contribution in [0.15, 0.2) is 48.5 Å². The molecule has 3 aromatic carbocycles. The van der Waals surface area contributed by atoms with Crippen LogP contribution in [0.2, 0.25) is 5.02 Å². The lowest BCUT2D eigenvalue weighted by Crippen LogP contribution is -2.27. The van der Waals surface area contributed by atoms with Crippen LogP contribution >= 0.6 is 32.4 Å². The Kier molecular flexibility index (Phi) is 8.03. The van der Waals surface area contributed by atoms with Crippen LogP contribution in [-0.4, -0.2) is 6.16 Å². The molecule has 0 saturated heterocycles. The van der Waals surface area contributed by atoms with E-state index in [1.807, 2.05) is 71.0 Å². The van der Waals surface area contributed by atoms with Crippen molar-refractivity contribution in [3.63, 3.8) is 0 Å². The topological polar surface area (TPSA) is 66.0 Å². The number of halogens is 2. The molecule has 0 fully saturated rings. The quantitative estimate of drug-likeness (QED) is 0.231. The van der Waals surface area contributed by atoms with Crippen LogP contribution in [0.1, 0.15) is 54.2 Å². The molecule has 4 nitrogen and oxygen atoms in total. The largest absolute Gasteiger partial charge is 0.483 e. The van der Waals surface area contributed by atoms with E-state index in [4.69, 9.17) is 32.7 Å². The second kappa shape index (κ2) is 10.5. The molecule has 2 unspecified atom stereocenters. The molecule has 0 aromatic heterocycles. The van der Waals surface area contributed by atoms with Crippen LogP contribution in [0.5, 0.6) is 17.2 Å². The Labute approximate surface area is 219 Å². The summed E-state index contributed by atoms with van der Waals surface area (Å²) in [4.78, 5) is -0.702. The van der Waals surface area contributed by atoms with E-state index in [1.165, 1.54) is 0 Å². The Morgan fingerprint density at radius 1 is 0.829 bits per heavy atom. The first kappa shape index (κ1) is 26.8. The zero-order chi connectivity index (χ0) is 26.0. The van der Waals surface area contributed by atoms with Gasteiger partial charge in [-0.15, -0.1) is 20.8 Å². The summed E-state index contributed by atoms with van der Waals surface area (Å²) in [5.74, 6) is 1.72. The van der Waals surface area contributed by atoms with Crippen molar-refractivity contribution in [1.29, 1.82) is 10.5 Å². The summed E-state index contributed by atoms with van der Waals surface area (Å²) in [6.45, 7) is 9.57. The van der Waals surface area contributed by atoms with Gasteiger partial charge in [-0.05, 0) is 81.7 Å². The first-order chi connectivity index (χ1) is 16.5. The third kappa shape index (κ3) is 5.42. The number of alkyl halides is 1. The summed E-state index contributed by atoms with van der Waals surface area (Å²) in [7, 11) is 2.62. The molecule has 0 saturated carbocycles. The molecule has 0 bridgehead atoms. The molecule has 0 aliphatic heterocycles. The minimum atomic E-state index is -0.805. The lowest BCUT2D eigenvalue weighted by molar-refractivity contribution is 0.107. The van der Waals surface area contributed by atoms with Gasteiger partial charge in [0.15, 0.2) is 0 Å². The van der Waals surface area contributed by atoms with Crippen LogP contribution in [0.3, 0.4) is 0 Å². The first-order valence-corrected chi connectivity index (χ1v) is 12.6. The Balaban J connectivity index is 1.97. The third-order valence-corrected chi connectivity index (χ3v) is 7.88. The molecular formula is C28H27Cl2N2O2P. The van der Waals surface area contributed by atoms with E-state index in [0.29, 0.717) is 45.1 Å². The van der Waals surface area contributed by atoms with Crippen LogP contribution in [0.25, 0.3) is 0 Å². The van der Waals surface area contributed by atoms with Crippen molar-refractivity contribution in [3.8, 4) is 29.4 Å². The van der Waals surface area contributed by atoms with Crippen LogP contribution in [-0.2, 0) is 10.5 Å². The highest BCUT2D eigenvalue weighted by molar-refractivity contribution is 7.16. The Hall–Kier alpha value is -2.75. The highest BCUT2D eigenvalue weighted by atomic mass is 35.5. The van der Waals surface area contributed by atoms with E-state index in [1.54, 1.807) is 12.1 Å². The summed E-state index contributed by atoms with van der Waals surface area (Å²) >= 11 is 12.9. The number of hydrogen-bond acceptors (Lipinski definition) is 4. The van der Waals surface area contributed by atoms with Crippen molar-refractivity contribution in [2.45, 2.75) is 45.1 Å². The van der Waals surface area contributed by atoms with Gasteiger partial charge in [0.05, 0.1) is 21.0 Å². The highest BCUT2D eigenvalue weighted by Gasteiger charge is 2.29. The van der Waals surface area contributed by atoms with Crippen molar-refractivity contribution in [3.05, 3.63) is 86.9 Å². The number of benzene rings is 3. The van der Waals surface area contributed by atoms with Gasteiger partial charge in [0, 0.05) is 5.56 Å². The van der Waals surface area contributed by atoms with E-state index in [-0.39, 0.29) is 0 Å². The second-order valence-corrected chi connectivity index (χ2v) is 10.6. The SMILES string of the molecule is Cc1c(Oc2cccc(C(C)(Cl)CP)c2C#N)ccc(OC(C)(C)c2cccc(Cl)c2C#N)c1C. The van der Waals surface area contributed by atoms with Crippen molar-refractivity contribution < 1.29 is 9.47 Å². The van der Waals surface area contributed by atoms with Crippen LogP contribution in [0.4, 0.5) is 0 Å². The average molecular weight is 525 g/mol. The Morgan fingerprint density at radius 2 is 1.40 bits per heavy atom. The van der Waals surface area contributed by atoms with Gasteiger partial charge >= 0.3 is 0 Å². The van der Waals surface area contributed by atoms with E-state index < -0.39 is 10.5 Å². The van der Waals surface area contributed by atoms with Gasteiger partial charge < -0.3 is 9.47 Å². The molecule has 35 heavy (non-hydrogen) atoms. The lowest BCUT2D eigenvalue weighted by Gasteiger charge is -2.29. The summed E-state index contributed by atoms with van der Waals surface area (Å²) < 4.78 is 12.6. The molecule has 2 atom stereocenters. The number of hydrogen-bond donors (Lipinski definition) is 0. The molecule has 180 valence electrons. The standard InChI is InChI=1S/C28H27Cl2N2O2P/c1-17-18(2)25(34-27(3,4)21-8-6-10-23(29)19(21)14-31)13-12-24(17)33-26-11-7-9-22(20(26)15-32)28(5,30)16-35/h6-13H,16,35H2,1-5H3. The Bertz CT molecular complexity index is 1350. The molecule has 3 aromatic rings. The van der Waals surface area contributed by atoms with Crippen molar-refractivity contribution >= 4 is 32.4 Å². The summed E-state index contributed by atoms with van der Waals surface area (Å²) in [5.41, 5.74) is 3.20.